The molecule has 2 amide bonds. The van der Waals surface area contributed by atoms with E-state index in [1.807, 2.05) is 30.3 Å². The number of benzene rings is 2. The minimum Gasteiger partial charge on any atom is -0.445 e. The Morgan fingerprint density at radius 1 is 1.21 bits per heavy atom. The molecular formula is C21H23F2N3O3. The molecule has 2 atom stereocenters. The van der Waals surface area contributed by atoms with Gasteiger partial charge in [0.25, 0.3) is 5.91 Å². The Bertz CT molecular complexity index is 864. The van der Waals surface area contributed by atoms with Crippen molar-refractivity contribution in [2.24, 2.45) is 5.73 Å². The Morgan fingerprint density at radius 2 is 1.97 bits per heavy atom. The third kappa shape index (κ3) is 5.29. The lowest BCUT2D eigenvalue weighted by atomic mass is 10.0. The average molecular weight is 403 g/mol. The lowest BCUT2D eigenvalue weighted by molar-refractivity contribution is 0.0576. The van der Waals surface area contributed by atoms with Crippen molar-refractivity contribution in [2.45, 2.75) is 31.8 Å². The molecule has 1 saturated heterocycles. The van der Waals surface area contributed by atoms with E-state index >= 15 is 0 Å². The van der Waals surface area contributed by atoms with Crippen molar-refractivity contribution in [2.75, 3.05) is 13.1 Å². The average Bonchev–Trinajstić information content (AvgIpc) is 2.74. The summed E-state index contributed by atoms with van der Waals surface area (Å²) in [5.41, 5.74) is 6.99. The van der Waals surface area contributed by atoms with Crippen LogP contribution in [0.15, 0.2) is 48.5 Å². The summed E-state index contributed by atoms with van der Waals surface area (Å²) in [5.74, 6) is -1.15. The number of hydrogen-bond donors (Lipinski definition) is 2. The number of alkyl halides is 1. The van der Waals surface area contributed by atoms with Crippen LogP contribution in [0, 0.1) is 5.82 Å². The van der Waals surface area contributed by atoms with Gasteiger partial charge in [0.05, 0.1) is 12.6 Å². The Hall–Kier alpha value is -3.00. The van der Waals surface area contributed by atoms with E-state index in [9.17, 15) is 18.4 Å². The summed E-state index contributed by atoms with van der Waals surface area (Å²) in [5, 5.41) is 2.59. The standard InChI is InChI=1S/C21H23F2N3O3/c22-16-7-6-15(11-24)17(10-16)20(27)25-19-8-9-26(12-18(19)23)21(28)29-13-14-4-2-1-3-5-14/h1-7,10,18-19H,8-9,11-13,24H2,(H,25,27). The first-order valence-corrected chi connectivity index (χ1v) is 9.37. The van der Waals surface area contributed by atoms with Gasteiger partial charge in [-0.15, -0.1) is 0 Å². The zero-order chi connectivity index (χ0) is 20.8. The Balaban J connectivity index is 1.54. The van der Waals surface area contributed by atoms with Crippen molar-refractivity contribution >= 4 is 12.0 Å². The van der Waals surface area contributed by atoms with Crippen LogP contribution in [-0.4, -0.2) is 42.2 Å². The summed E-state index contributed by atoms with van der Waals surface area (Å²) in [7, 11) is 0. The number of likely N-dealkylation sites (tertiary alicyclic amines) is 1. The fourth-order valence-electron chi connectivity index (χ4n) is 3.23. The molecule has 1 aliphatic rings. The van der Waals surface area contributed by atoms with E-state index in [0.29, 0.717) is 5.56 Å². The van der Waals surface area contributed by atoms with Crippen LogP contribution in [0.4, 0.5) is 13.6 Å². The number of carbonyl (C=O) groups is 2. The van der Waals surface area contributed by atoms with Crippen LogP contribution in [0.2, 0.25) is 0 Å². The number of rotatable bonds is 5. The summed E-state index contributed by atoms with van der Waals surface area (Å²) in [6.45, 7) is 0.222. The maximum atomic E-state index is 14.6. The lowest BCUT2D eigenvalue weighted by Gasteiger charge is -2.34. The second-order valence-electron chi connectivity index (χ2n) is 6.88. The van der Waals surface area contributed by atoms with Gasteiger partial charge in [-0.25, -0.2) is 13.6 Å². The van der Waals surface area contributed by atoms with E-state index < -0.39 is 30.0 Å². The van der Waals surface area contributed by atoms with Crippen molar-refractivity contribution in [3.05, 3.63) is 71.0 Å². The number of carbonyl (C=O) groups excluding carboxylic acids is 2. The van der Waals surface area contributed by atoms with Gasteiger partial charge in [0.1, 0.15) is 18.6 Å². The number of halogens is 2. The number of hydrogen-bond acceptors (Lipinski definition) is 4. The van der Waals surface area contributed by atoms with Crippen LogP contribution in [-0.2, 0) is 17.9 Å². The minimum absolute atomic E-state index is 0.0633. The van der Waals surface area contributed by atoms with Gasteiger partial charge in [0.15, 0.2) is 0 Å². The van der Waals surface area contributed by atoms with Gasteiger partial charge in [-0.3, -0.25) is 4.79 Å². The van der Waals surface area contributed by atoms with Gasteiger partial charge in [-0.2, -0.15) is 0 Å². The summed E-state index contributed by atoms with van der Waals surface area (Å²) in [4.78, 5) is 25.9. The molecule has 3 rings (SSSR count). The van der Waals surface area contributed by atoms with E-state index in [4.69, 9.17) is 10.5 Å². The zero-order valence-electron chi connectivity index (χ0n) is 15.8. The van der Waals surface area contributed by atoms with E-state index in [0.717, 1.165) is 11.6 Å². The topological polar surface area (TPSA) is 84.7 Å². The normalized spacial score (nSPS) is 18.9. The van der Waals surface area contributed by atoms with E-state index in [2.05, 4.69) is 5.32 Å². The predicted molar refractivity (Wildman–Crippen MR) is 103 cm³/mol. The molecule has 2 aromatic rings. The molecule has 0 bridgehead atoms. The monoisotopic (exact) mass is 403 g/mol. The van der Waals surface area contributed by atoms with Crippen LogP contribution in [0.3, 0.4) is 0 Å². The molecular weight excluding hydrogens is 380 g/mol. The third-order valence-corrected chi connectivity index (χ3v) is 4.86. The molecule has 2 unspecified atom stereocenters. The first-order valence-electron chi connectivity index (χ1n) is 9.37. The molecule has 6 nitrogen and oxygen atoms in total. The van der Waals surface area contributed by atoms with Gasteiger partial charge < -0.3 is 20.7 Å². The van der Waals surface area contributed by atoms with E-state index in [1.165, 1.54) is 17.0 Å². The highest BCUT2D eigenvalue weighted by Crippen LogP contribution is 2.18. The summed E-state index contributed by atoms with van der Waals surface area (Å²) < 4.78 is 33.3. The highest BCUT2D eigenvalue weighted by Gasteiger charge is 2.33. The molecule has 8 heteroatoms. The molecule has 1 fully saturated rings. The predicted octanol–water partition coefficient (Wildman–Crippen LogP) is 2.76. The largest absolute Gasteiger partial charge is 0.445 e. The molecule has 0 spiro atoms. The maximum absolute atomic E-state index is 14.6. The van der Waals surface area contributed by atoms with Crippen LogP contribution in [0.5, 0.6) is 0 Å². The molecule has 29 heavy (non-hydrogen) atoms. The third-order valence-electron chi connectivity index (χ3n) is 4.86. The first-order chi connectivity index (χ1) is 14.0. The molecule has 0 radical (unpaired) electrons. The van der Waals surface area contributed by atoms with E-state index in [1.54, 1.807) is 0 Å². The molecule has 2 aromatic carbocycles. The smallest absolute Gasteiger partial charge is 0.410 e. The Kier molecular flexibility index (Phi) is 6.77. The number of nitrogens with zero attached hydrogens (tertiary/aromatic N) is 1. The number of ether oxygens (including phenoxy) is 1. The second kappa shape index (κ2) is 9.47. The fourth-order valence-corrected chi connectivity index (χ4v) is 3.23. The number of piperidine rings is 1. The van der Waals surface area contributed by atoms with Crippen LogP contribution < -0.4 is 11.1 Å². The number of nitrogens with one attached hydrogen (secondary N) is 1. The zero-order valence-corrected chi connectivity index (χ0v) is 15.8. The highest BCUT2D eigenvalue weighted by atomic mass is 19.1. The Morgan fingerprint density at radius 3 is 2.66 bits per heavy atom. The van der Waals surface area contributed by atoms with Crippen molar-refractivity contribution in [1.82, 2.24) is 10.2 Å². The van der Waals surface area contributed by atoms with Crippen LogP contribution in [0.1, 0.15) is 27.9 Å². The summed E-state index contributed by atoms with van der Waals surface area (Å²) in [6.07, 6.45) is -1.84. The number of nitrogens with two attached hydrogens (primary N) is 1. The maximum Gasteiger partial charge on any atom is 0.410 e. The molecule has 0 saturated carbocycles. The van der Waals surface area contributed by atoms with Crippen LogP contribution in [0.25, 0.3) is 0 Å². The van der Waals surface area contributed by atoms with Gasteiger partial charge in [-0.1, -0.05) is 36.4 Å². The van der Waals surface area contributed by atoms with Crippen molar-refractivity contribution in [3.63, 3.8) is 0 Å². The minimum atomic E-state index is -1.47. The lowest BCUT2D eigenvalue weighted by Crippen LogP contribution is -2.53. The number of amides is 2. The summed E-state index contributed by atoms with van der Waals surface area (Å²) >= 11 is 0. The SMILES string of the molecule is NCc1ccc(F)cc1C(=O)NC1CCN(C(=O)OCc2ccccc2)CC1F. The van der Waals surface area contributed by atoms with Gasteiger partial charge in [0.2, 0.25) is 0 Å². The van der Waals surface area contributed by atoms with Crippen LogP contribution >= 0.6 is 0 Å². The van der Waals surface area contributed by atoms with Crippen molar-refractivity contribution in [1.29, 1.82) is 0 Å². The van der Waals surface area contributed by atoms with Crippen molar-refractivity contribution in [3.8, 4) is 0 Å². The van der Waals surface area contributed by atoms with Crippen molar-refractivity contribution < 1.29 is 23.1 Å². The van der Waals surface area contributed by atoms with Gasteiger partial charge >= 0.3 is 6.09 Å². The quantitative estimate of drug-likeness (QED) is 0.804. The molecule has 1 heterocycles. The van der Waals surface area contributed by atoms with Gasteiger partial charge in [-0.05, 0) is 29.7 Å². The molecule has 1 aliphatic heterocycles. The van der Waals surface area contributed by atoms with Gasteiger partial charge in [0, 0.05) is 18.7 Å². The highest BCUT2D eigenvalue weighted by molar-refractivity contribution is 5.96. The fraction of sp³-hybridized carbons (Fsp3) is 0.333. The molecule has 154 valence electrons. The first kappa shape index (κ1) is 20.7. The second-order valence-corrected chi connectivity index (χ2v) is 6.88. The summed E-state index contributed by atoms with van der Waals surface area (Å²) in [6, 6.07) is 12.1. The Labute approximate surface area is 167 Å². The van der Waals surface area contributed by atoms with E-state index in [-0.39, 0.29) is 38.2 Å². The molecule has 0 aromatic heterocycles. The molecule has 0 aliphatic carbocycles. The molecule has 3 N–H and O–H groups in total.